The highest BCUT2D eigenvalue weighted by molar-refractivity contribution is 6.31. The normalized spacial score (nSPS) is 11.9. The second-order valence-corrected chi connectivity index (χ2v) is 4.92. The molecule has 0 aliphatic heterocycles. The lowest BCUT2D eigenvalue weighted by molar-refractivity contribution is -0.139. The zero-order chi connectivity index (χ0) is 15.4. The first-order chi connectivity index (χ1) is 10.0. The minimum atomic E-state index is -1.12. The first kappa shape index (κ1) is 15.1. The van der Waals surface area contributed by atoms with Gasteiger partial charge in [0.15, 0.2) is 6.04 Å². The highest BCUT2D eigenvalue weighted by Crippen LogP contribution is 2.17. The van der Waals surface area contributed by atoms with Gasteiger partial charge in [-0.2, -0.15) is 0 Å². The van der Waals surface area contributed by atoms with E-state index in [9.17, 15) is 14.7 Å². The monoisotopic (exact) mass is 306 g/mol. The maximum Gasteiger partial charge on any atom is 0.330 e. The molecule has 2 aromatic rings. The Morgan fingerprint density at radius 1 is 1.33 bits per heavy atom. The van der Waals surface area contributed by atoms with Crippen LogP contribution >= 0.6 is 11.6 Å². The van der Waals surface area contributed by atoms with Crippen LogP contribution in [0.15, 0.2) is 42.6 Å². The van der Waals surface area contributed by atoms with Crippen LogP contribution in [-0.2, 0) is 11.3 Å². The number of carbonyl (C=O) groups is 2. The lowest BCUT2D eigenvalue weighted by Gasteiger charge is -2.15. The molecule has 0 saturated carbocycles. The van der Waals surface area contributed by atoms with Crippen LogP contribution in [-0.4, -0.2) is 21.6 Å². The number of carboxylic acid groups (broad SMARTS) is 1. The molecule has 6 heteroatoms. The number of carboxylic acids is 1. The number of hydrogen-bond donors (Lipinski definition) is 2. The molecule has 2 rings (SSSR count). The lowest BCUT2D eigenvalue weighted by atomic mass is 10.1. The lowest BCUT2D eigenvalue weighted by Crippen LogP contribution is -2.34. The van der Waals surface area contributed by atoms with E-state index in [1.165, 1.54) is 6.07 Å². The van der Waals surface area contributed by atoms with E-state index in [2.05, 4.69) is 5.32 Å². The van der Waals surface area contributed by atoms with Crippen molar-refractivity contribution in [2.75, 3.05) is 0 Å². The van der Waals surface area contributed by atoms with Gasteiger partial charge in [-0.1, -0.05) is 41.9 Å². The Kier molecular flexibility index (Phi) is 4.65. The van der Waals surface area contributed by atoms with E-state index < -0.39 is 17.9 Å². The van der Waals surface area contributed by atoms with Gasteiger partial charge >= 0.3 is 5.97 Å². The molecule has 1 aromatic carbocycles. The molecule has 0 spiro atoms. The number of carbonyl (C=O) groups excluding carboxylic acids is 1. The molecule has 1 aromatic heterocycles. The fourth-order valence-electron chi connectivity index (χ4n) is 2.06. The average molecular weight is 307 g/mol. The van der Waals surface area contributed by atoms with Crippen molar-refractivity contribution in [3.63, 3.8) is 0 Å². The van der Waals surface area contributed by atoms with Crippen LogP contribution in [0.1, 0.15) is 29.0 Å². The molecule has 5 nitrogen and oxygen atoms in total. The van der Waals surface area contributed by atoms with Gasteiger partial charge in [-0.15, -0.1) is 0 Å². The minimum Gasteiger partial charge on any atom is -0.479 e. The van der Waals surface area contributed by atoms with Crippen LogP contribution in [0.3, 0.4) is 0 Å². The highest BCUT2D eigenvalue weighted by atomic mass is 35.5. The molecule has 2 N–H and O–H groups in total. The number of hydrogen-bond acceptors (Lipinski definition) is 2. The number of nitrogens with one attached hydrogen (secondary N) is 1. The van der Waals surface area contributed by atoms with Gasteiger partial charge in [-0.25, -0.2) is 4.79 Å². The van der Waals surface area contributed by atoms with Gasteiger partial charge in [0.05, 0.1) is 5.02 Å². The van der Waals surface area contributed by atoms with Gasteiger partial charge < -0.3 is 15.0 Å². The standard InChI is InChI=1S/C15H15ClN2O3/c1-2-18-9-11(16)8-12(18)14(19)17-13(15(20)21)10-6-4-3-5-7-10/h3-9,13H,2H2,1H3,(H,17,19)(H,20,21)/t13-/m0/s1. The second-order valence-electron chi connectivity index (χ2n) is 4.48. The van der Waals surface area contributed by atoms with Gasteiger partial charge in [-0.05, 0) is 18.6 Å². The molecule has 0 unspecified atom stereocenters. The van der Waals surface area contributed by atoms with E-state index in [-0.39, 0.29) is 0 Å². The Bertz CT molecular complexity index is 652. The number of benzene rings is 1. The predicted octanol–water partition coefficient (Wildman–Crippen LogP) is 2.72. The Morgan fingerprint density at radius 3 is 2.57 bits per heavy atom. The summed E-state index contributed by atoms with van der Waals surface area (Å²) in [5.74, 6) is -1.59. The molecule has 0 aliphatic rings. The van der Waals surface area contributed by atoms with Crippen molar-refractivity contribution < 1.29 is 14.7 Å². The SMILES string of the molecule is CCn1cc(Cl)cc1C(=O)N[C@H](C(=O)O)c1ccccc1. The van der Waals surface area contributed by atoms with Crippen molar-refractivity contribution in [2.24, 2.45) is 0 Å². The number of amides is 1. The third-order valence-electron chi connectivity index (χ3n) is 3.09. The molecule has 1 heterocycles. The largest absolute Gasteiger partial charge is 0.479 e. The maximum atomic E-state index is 12.3. The molecule has 0 fully saturated rings. The zero-order valence-corrected chi connectivity index (χ0v) is 12.2. The van der Waals surface area contributed by atoms with Crippen LogP contribution in [0.25, 0.3) is 0 Å². The quantitative estimate of drug-likeness (QED) is 0.892. The molecule has 0 bridgehead atoms. The fraction of sp³-hybridized carbons (Fsp3) is 0.200. The van der Waals surface area contributed by atoms with Gasteiger partial charge in [0.25, 0.3) is 5.91 Å². The van der Waals surface area contributed by atoms with Crippen LogP contribution in [0.4, 0.5) is 0 Å². The van der Waals surface area contributed by atoms with Crippen molar-refractivity contribution >= 4 is 23.5 Å². The number of aliphatic carboxylic acids is 1. The van der Waals surface area contributed by atoms with Crippen molar-refractivity contribution in [3.05, 3.63) is 58.9 Å². The van der Waals surface area contributed by atoms with E-state index in [0.717, 1.165) is 0 Å². The summed E-state index contributed by atoms with van der Waals surface area (Å²) < 4.78 is 1.67. The summed E-state index contributed by atoms with van der Waals surface area (Å²) in [4.78, 5) is 23.7. The number of halogens is 1. The molecule has 1 atom stereocenters. The second kappa shape index (κ2) is 6.45. The van der Waals surface area contributed by atoms with E-state index in [1.54, 1.807) is 41.1 Å². The third kappa shape index (κ3) is 3.44. The van der Waals surface area contributed by atoms with Crippen LogP contribution in [0, 0.1) is 0 Å². The van der Waals surface area contributed by atoms with E-state index in [4.69, 9.17) is 11.6 Å². The fourth-order valence-corrected chi connectivity index (χ4v) is 2.29. The molecule has 21 heavy (non-hydrogen) atoms. The number of aryl methyl sites for hydroxylation is 1. The van der Waals surface area contributed by atoms with Crippen molar-refractivity contribution in [1.29, 1.82) is 0 Å². The maximum absolute atomic E-state index is 12.3. The van der Waals surface area contributed by atoms with Crippen LogP contribution in [0.2, 0.25) is 5.02 Å². The summed E-state index contributed by atoms with van der Waals surface area (Å²) in [6.07, 6.45) is 1.63. The van der Waals surface area contributed by atoms with Crippen LogP contribution < -0.4 is 5.32 Å². The van der Waals surface area contributed by atoms with E-state index >= 15 is 0 Å². The summed E-state index contributed by atoms with van der Waals surface area (Å²) >= 11 is 5.89. The predicted molar refractivity (Wildman–Crippen MR) is 79.4 cm³/mol. The Hall–Kier alpha value is -2.27. The summed E-state index contributed by atoms with van der Waals surface area (Å²) in [5, 5.41) is 12.3. The third-order valence-corrected chi connectivity index (χ3v) is 3.30. The number of nitrogens with zero attached hydrogens (tertiary/aromatic N) is 1. The Balaban J connectivity index is 2.25. The summed E-state index contributed by atoms with van der Waals surface area (Å²) in [5.41, 5.74) is 0.851. The molecule has 0 radical (unpaired) electrons. The van der Waals surface area contributed by atoms with Crippen molar-refractivity contribution in [3.8, 4) is 0 Å². The van der Waals surface area contributed by atoms with Gasteiger partial charge in [0, 0.05) is 12.7 Å². The molecular weight excluding hydrogens is 292 g/mol. The summed E-state index contributed by atoms with van der Waals surface area (Å²) in [6, 6.07) is 8.97. The smallest absolute Gasteiger partial charge is 0.330 e. The van der Waals surface area contributed by atoms with E-state index in [0.29, 0.717) is 22.8 Å². The molecule has 0 saturated heterocycles. The van der Waals surface area contributed by atoms with Crippen molar-refractivity contribution in [1.82, 2.24) is 9.88 Å². The van der Waals surface area contributed by atoms with E-state index in [1.807, 2.05) is 6.92 Å². The topological polar surface area (TPSA) is 71.3 Å². The Morgan fingerprint density at radius 2 is 2.00 bits per heavy atom. The summed E-state index contributed by atoms with van der Waals surface area (Å²) in [7, 11) is 0. The van der Waals surface area contributed by atoms with Gasteiger partial charge in [0.2, 0.25) is 0 Å². The average Bonchev–Trinajstić information content (AvgIpc) is 2.86. The number of rotatable bonds is 5. The number of aromatic nitrogens is 1. The molecule has 110 valence electrons. The van der Waals surface area contributed by atoms with Crippen LogP contribution in [0.5, 0.6) is 0 Å². The molecule has 0 aliphatic carbocycles. The van der Waals surface area contributed by atoms with Crippen molar-refractivity contribution in [2.45, 2.75) is 19.5 Å². The minimum absolute atomic E-state index is 0.338. The Labute approximate surface area is 127 Å². The first-order valence-electron chi connectivity index (χ1n) is 6.47. The van der Waals surface area contributed by atoms with Gasteiger partial charge in [-0.3, -0.25) is 4.79 Å². The van der Waals surface area contributed by atoms with Gasteiger partial charge in [0.1, 0.15) is 5.69 Å². The molecular formula is C15H15ClN2O3. The molecule has 1 amide bonds. The zero-order valence-electron chi connectivity index (χ0n) is 11.4. The highest BCUT2D eigenvalue weighted by Gasteiger charge is 2.24. The summed E-state index contributed by atoms with van der Waals surface area (Å²) in [6.45, 7) is 2.44. The first-order valence-corrected chi connectivity index (χ1v) is 6.85.